The third-order valence-corrected chi connectivity index (χ3v) is 3.93. The molecular formula is C16H17FN2O3. The van der Waals surface area contributed by atoms with Gasteiger partial charge in [0.2, 0.25) is 0 Å². The largest absolute Gasteiger partial charge is 0.468 e. The highest BCUT2D eigenvalue weighted by Crippen LogP contribution is 2.22. The standard InChI is InChI=1S/C16H17FN2O3/c1-22-16(21)15-7-13(20)9-19(15)8-12-4-2-10-6-11(17)3-5-14(10)18-12/h2-6,13,15,20H,7-9H2,1H3/t13?,15-/m0/s1. The summed E-state index contributed by atoms with van der Waals surface area (Å²) in [5, 5.41) is 10.5. The highest BCUT2D eigenvalue weighted by Gasteiger charge is 2.36. The van der Waals surface area contributed by atoms with Crippen LogP contribution in [0.15, 0.2) is 30.3 Å². The summed E-state index contributed by atoms with van der Waals surface area (Å²) < 4.78 is 18.0. The molecule has 1 aliphatic rings. The van der Waals surface area contributed by atoms with Crippen LogP contribution in [0.1, 0.15) is 12.1 Å². The summed E-state index contributed by atoms with van der Waals surface area (Å²) in [5.74, 6) is -0.644. The Morgan fingerprint density at radius 3 is 3.05 bits per heavy atom. The molecule has 0 spiro atoms. The highest BCUT2D eigenvalue weighted by molar-refractivity contribution is 5.78. The minimum absolute atomic E-state index is 0.296. The van der Waals surface area contributed by atoms with Crippen molar-refractivity contribution in [2.75, 3.05) is 13.7 Å². The first-order valence-corrected chi connectivity index (χ1v) is 7.12. The number of methoxy groups -OCH3 is 1. The number of esters is 1. The molecule has 0 aliphatic carbocycles. The Balaban J connectivity index is 1.82. The van der Waals surface area contributed by atoms with Gasteiger partial charge in [0.05, 0.1) is 24.4 Å². The summed E-state index contributed by atoms with van der Waals surface area (Å²) in [4.78, 5) is 18.1. The molecule has 0 saturated carbocycles. The molecule has 1 fully saturated rings. The number of β-amino-alcohol motifs (C(OH)–C–C–N with tert-alkyl or cyclic N) is 1. The fourth-order valence-electron chi connectivity index (χ4n) is 2.87. The summed E-state index contributed by atoms with van der Waals surface area (Å²) >= 11 is 0. The number of aromatic nitrogens is 1. The van der Waals surface area contributed by atoms with Crippen LogP contribution in [0.2, 0.25) is 0 Å². The molecule has 3 rings (SSSR count). The lowest BCUT2D eigenvalue weighted by Gasteiger charge is -2.21. The summed E-state index contributed by atoms with van der Waals surface area (Å²) in [7, 11) is 1.34. The van der Waals surface area contributed by atoms with Crippen LogP contribution >= 0.6 is 0 Å². The predicted molar refractivity (Wildman–Crippen MR) is 78.5 cm³/mol. The third kappa shape index (κ3) is 2.93. The van der Waals surface area contributed by atoms with E-state index in [4.69, 9.17) is 4.74 Å². The van der Waals surface area contributed by atoms with Crippen molar-refractivity contribution in [1.29, 1.82) is 0 Å². The number of likely N-dealkylation sites (tertiary alicyclic amines) is 1. The first-order chi connectivity index (χ1) is 10.6. The number of hydrogen-bond donors (Lipinski definition) is 1. The van der Waals surface area contributed by atoms with Crippen molar-refractivity contribution in [1.82, 2.24) is 9.88 Å². The van der Waals surface area contributed by atoms with Gasteiger partial charge >= 0.3 is 5.97 Å². The van der Waals surface area contributed by atoms with E-state index in [1.54, 1.807) is 18.2 Å². The Hall–Kier alpha value is -2.05. The van der Waals surface area contributed by atoms with Gasteiger partial charge in [-0.2, -0.15) is 0 Å². The van der Waals surface area contributed by atoms with Crippen LogP contribution in [0.5, 0.6) is 0 Å². The van der Waals surface area contributed by atoms with Crippen LogP contribution in [0.4, 0.5) is 4.39 Å². The van der Waals surface area contributed by atoms with E-state index in [9.17, 15) is 14.3 Å². The summed E-state index contributed by atoms with van der Waals surface area (Å²) in [6.07, 6.45) is -0.176. The van der Waals surface area contributed by atoms with Crippen molar-refractivity contribution in [2.45, 2.75) is 25.1 Å². The van der Waals surface area contributed by atoms with Gasteiger partial charge in [0.1, 0.15) is 11.9 Å². The second kappa shape index (κ2) is 5.98. The number of ether oxygens (including phenoxy) is 1. The molecule has 2 atom stereocenters. The minimum Gasteiger partial charge on any atom is -0.468 e. The van der Waals surface area contributed by atoms with Crippen molar-refractivity contribution >= 4 is 16.9 Å². The topological polar surface area (TPSA) is 62.7 Å². The quantitative estimate of drug-likeness (QED) is 0.870. The molecule has 1 N–H and O–H groups in total. The summed E-state index contributed by atoms with van der Waals surface area (Å²) in [6, 6.07) is 7.59. The van der Waals surface area contributed by atoms with Gasteiger partial charge in [-0.15, -0.1) is 0 Å². The van der Waals surface area contributed by atoms with Gasteiger partial charge in [-0.1, -0.05) is 6.07 Å². The van der Waals surface area contributed by atoms with Crippen molar-refractivity contribution in [2.24, 2.45) is 0 Å². The van der Waals surface area contributed by atoms with Crippen LogP contribution in [0.25, 0.3) is 10.9 Å². The lowest BCUT2D eigenvalue weighted by molar-refractivity contribution is -0.146. The van der Waals surface area contributed by atoms with Crippen molar-refractivity contribution in [3.63, 3.8) is 0 Å². The predicted octanol–water partition coefficient (Wildman–Crippen LogP) is 1.48. The molecule has 22 heavy (non-hydrogen) atoms. The van der Waals surface area contributed by atoms with Gasteiger partial charge in [-0.05, 0) is 24.3 Å². The van der Waals surface area contributed by atoms with Crippen LogP contribution in [0.3, 0.4) is 0 Å². The molecule has 0 amide bonds. The molecule has 6 heteroatoms. The van der Waals surface area contributed by atoms with Gasteiger partial charge in [0, 0.05) is 24.9 Å². The molecule has 2 heterocycles. The highest BCUT2D eigenvalue weighted by atomic mass is 19.1. The molecule has 1 unspecified atom stereocenters. The summed E-state index contributed by atoms with van der Waals surface area (Å²) in [5.41, 5.74) is 1.47. The monoisotopic (exact) mass is 304 g/mol. The van der Waals surface area contributed by atoms with E-state index >= 15 is 0 Å². The van der Waals surface area contributed by atoms with E-state index < -0.39 is 12.1 Å². The third-order valence-electron chi connectivity index (χ3n) is 3.93. The Morgan fingerprint density at radius 1 is 1.45 bits per heavy atom. The van der Waals surface area contributed by atoms with E-state index in [0.717, 1.165) is 11.1 Å². The van der Waals surface area contributed by atoms with Crippen molar-refractivity contribution in [3.8, 4) is 0 Å². The number of carbonyl (C=O) groups is 1. The molecule has 1 aliphatic heterocycles. The Morgan fingerprint density at radius 2 is 2.27 bits per heavy atom. The first-order valence-electron chi connectivity index (χ1n) is 7.12. The van der Waals surface area contributed by atoms with Crippen LogP contribution < -0.4 is 0 Å². The molecular weight excluding hydrogens is 287 g/mol. The molecule has 1 aromatic carbocycles. The number of rotatable bonds is 3. The number of fused-ring (bicyclic) bond motifs is 1. The van der Waals surface area contributed by atoms with Crippen LogP contribution in [0, 0.1) is 5.82 Å². The van der Waals surface area contributed by atoms with E-state index in [1.807, 2.05) is 4.90 Å². The molecule has 0 radical (unpaired) electrons. The Labute approximate surface area is 127 Å². The van der Waals surface area contributed by atoms with Gasteiger partial charge in [-0.25, -0.2) is 4.39 Å². The van der Waals surface area contributed by atoms with Crippen molar-refractivity contribution < 1.29 is 19.0 Å². The first kappa shape index (κ1) is 14.9. The maximum absolute atomic E-state index is 13.2. The van der Waals surface area contributed by atoms with Gasteiger partial charge in [0.15, 0.2) is 0 Å². The molecule has 116 valence electrons. The Bertz CT molecular complexity index is 707. The number of aliphatic hydroxyl groups is 1. The number of aliphatic hydroxyl groups excluding tert-OH is 1. The number of hydrogen-bond acceptors (Lipinski definition) is 5. The number of benzene rings is 1. The van der Waals surface area contributed by atoms with E-state index in [1.165, 1.54) is 19.2 Å². The second-order valence-corrected chi connectivity index (χ2v) is 5.50. The van der Waals surface area contributed by atoms with Crippen LogP contribution in [-0.2, 0) is 16.1 Å². The number of pyridine rings is 1. The zero-order chi connectivity index (χ0) is 15.7. The normalized spacial score (nSPS) is 22.1. The van der Waals surface area contributed by atoms with E-state index in [-0.39, 0.29) is 11.8 Å². The fourth-order valence-corrected chi connectivity index (χ4v) is 2.87. The molecule has 1 aromatic heterocycles. The van der Waals surface area contributed by atoms with E-state index in [0.29, 0.717) is 25.0 Å². The minimum atomic E-state index is -0.543. The molecule has 1 saturated heterocycles. The molecule has 2 aromatic rings. The fraction of sp³-hybridized carbons (Fsp3) is 0.375. The Kier molecular flexibility index (Phi) is 4.04. The lowest BCUT2D eigenvalue weighted by atomic mass is 10.2. The maximum atomic E-state index is 13.2. The smallest absolute Gasteiger partial charge is 0.323 e. The zero-order valence-corrected chi connectivity index (χ0v) is 12.2. The zero-order valence-electron chi connectivity index (χ0n) is 12.2. The van der Waals surface area contributed by atoms with Crippen molar-refractivity contribution in [3.05, 3.63) is 41.8 Å². The SMILES string of the molecule is COC(=O)[C@@H]1CC(O)CN1Cc1ccc2cc(F)ccc2n1. The average Bonchev–Trinajstić information content (AvgIpc) is 2.87. The van der Waals surface area contributed by atoms with Gasteiger partial charge in [0.25, 0.3) is 0 Å². The summed E-state index contributed by atoms with van der Waals surface area (Å²) in [6.45, 7) is 0.840. The number of halogens is 1. The average molecular weight is 304 g/mol. The lowest BCUT2D eigenvalue weighted by Crippen LogP contribution is -2.36. The van der Waals surface area contributed by atoms with E-state index in [2.05, 4.69) is 4.98 Å². The van der Waals surface area contributed by atoms with Crippen LogP contribution in [-0.4, -0.2) is 46.8 Å². The van der Waals surface area contributed by atoms with Gasteiger partial charge in [-0.3, -0.25) is 14.7 Å². The number of nitrogens with zero attached hydrogens (tertiary/aromatic N) is 2. The molecule has 0 bridgehead atoms. The number of carbonyl (C=O) groups excluding carboxylic acids is 1. The van der Waals surface area contributed by atoms with Gasteiger partial charge < -0.3 is 9.84 Å². The maximum Gasteiger partial charge on any atom is 0.323 e. The second-order valence-electron chi connectivity index (χ2n) is 5.50. The molecule has 5 nitrogen and oxygen atoms in total.